The summed E-state index contributed by atoms with van der Waals surface area (Å²) in [6.45, 7) is 1.73. The Balaban J connectivity index is 1.85. The second kappa shape index (κ2) is 10.2. The number of anilines is 1. The number of aryl methyl sites for hydroxylation is 1. The van der Waals surface area contributed by atoms with Crippen molar-refractivity contribution in [3.05, 3.63) is 98.6 Å². The zero-order valence-corrected chi connectivity index (χ0v) is 23.8. The maximum atomic E-state index is 12.1. The van der Waals surface area contributed by atoms with Crippen molar-refractivity contribution in [3.63, 3.8) is 0 Å². The maximum Gasteiger partial charge on any atom is 0.294 e. The van der Waals surface area contributed by atoms with Crippen molar-refractivity contribution in [2.75, 3.05) is 5.73 Å². The van der Waals surface area contributed by atoms with Crippen molar-refractivity contribution >= 4 is 25.9 Å². The largest absolute Gasteiger partial charge is 0.507 e. The molecule has 13 heteroatoms. The van der Waals surface area contributed by atoms with E-state index < -0.39 is 30.0 Å². The average Bonchev–Trinajstić information content (AvgIpc) is 2.87. The summed E-state index contributed by atoms with van der Waals surface area (Å²) in [5, 5.41) is 44.8. The Labute approximate surface area is 241 Å². The molecule has 42 heavy (non-hydrogen) atoms. The first-order chi connectivity index (χ1) is 19.5. The normalized spacial score (nSPS) is 13.6. The van der Waals surface area contributed by atoms with E-state index in [1.54, 1.807) is 19.1 Å². The molecule has 0 spiro atoms. The summed E-state index contributed by atoms with van der Waals surface area (Å²) in [5.41, 5.74) is 7.96. The van der Waals surface area contributed by atoms with Crippen LogP contribution in [0.4, 0.5) is 5.69 Å². The van der Waals surface area contributed by atoms with Gasteiger partial charge in [0.1, 0.15) is 23.0 Å². The molecule has 0 aliphatic heterocycles. The Morgan fingerprint density at radius 3 is 1.00 bits per heavy atom. The minimum Gasteiger partial charge on any atom is -0.507 e. The molecule has 11 nitrogen and oxygen atoms in total. The van der Waals surface area contributed by atoms with E-state index in [0.29, 0.717) is 5.56 Å². The third kappa shape index (κ3) is 5.59. The Bertz CT molecular complexity index is 1760. The Morgan fingerprint density at radius 1 is 0.500 bits per heavy atom. The summed E-state index contributed by atoms with van der Waals surface area (Å²) in [5.74, 6) is -1.20. The highest BCUT2D eigenvalue weighted by atomic mass is 32.2. The predicted molar refractivity (Wildman–Crippen MR) is 152 cm³/mol. The molecule has 0 amide bonds. The van der Waals surface area contributed by atoms with E-state index in [1.807, 2.05) is 0 Å². The van der Waals surface area contributed by atoms with Crippen LogP contribution in [0, 0.1) is 6.92 Å². The van der Waals surface area contributed by atoms with Crippen molar-refractivity contribution in [1.82, 2.24) is 0 Å². The van der Waals surface area contributed by atoms with Gasteiger partial charge in [0.2, 0.25) is 0 Å². The summed E-state index contributed by atoms with van der Waals surface area (Å²) in [4.78, 5) is -1.000. The summed E-state index contributed by atoms with van der Waals surface area (Å²) < 4.78 is 68.2. The van der Waals surface area contributed by atoms with Crippen LogP contribution < -0.4 is 5.73 Å². The van der Waals surface area contributed by atoms with Crippen LogP contribution in [0.2, 0.25) is 0 Å². The zero-order chi connectivity index (χ0) is 30.7. The molecule has 1 aliphatic rings. The van der Waals surface area contributed by atoms with Crippen LogP contribution in [0.15, 0.2) is 58.3 Å². The fourth-order valence-electron chi connectivity index (χ4n) is 5.37. The molecular weight excluding hydrogens is 586 g/mol. The molecule has 0 atom stereocenters. The lowest BCUT2D eigenvalue weighted by molar-refractivity contribution is 0.449. The van der Waals surface area contributed by atoms with Gasteiger partial charge in [0.25, 0.3) is 20.2 Å². The van der Waals surface area contributed by atoms with Crippen molar-refractivity contribution < 1.29 is 46.4 Å². The molecule has 0 fully saturated rings. The number of rotatable bonds is 2. The van der Waals surface area contributed by atoms with Crippen LogP contribution in [0.3, 0.4) is 0 Å². The SMILES string of the molecule is Cc1cc2c(O)c(c1)Cc1cc(S(=O)(=O)O)cc(c1O)Cc1cc(N)cc(c1O)Cc1cc(S(=O)(=O)O)cc(c1O)C2. The molecule has 4 aromatic rings. The van der Waals surface area contributed by atoms with E-state index in [4.69, 9.17) is 5.73 Å². The van der Waals surface area contributed by atoms with Gasteiger partial charge in [-0.2, -0.15) is 16.8 Å². The van der Waals surface area contributed by atoms with Gasteiger partial charge >= 0.3 is 0 Å². The van der Waals surface area contributed by atoms with Gasteiger partial charge in [-0.05, 0) is 54.4 Å². The number of nitrogens with two attached hydrogens (primary N) is 1. The van der Waals surface area contributed by atoms with Gasteiger partial charge in [-0.25, -0.2) is 0 Å². The number of benzene rings is 4. The standard InChI is InChI=1S/C29H27NO10S2/c1-14-2-15-4-19-10-24(41(35,36)37)12-21(28(19)33)6-17-8-23(30)9-18(27(17)32)7-22-13-25(42(38,39)40)11-20(29(22)34)5-16(3-14)26(15)31/h2-3,8-13,31-34H,4-7,30H2,1H3,(H,35,36,37)(H,38,39,40). The molecular formula is C29H27NO10S2. The van der Waals surface area contributed by atoms with Crippen LogP contribution in [0.5, 0.6) is 23.0 Å². The topological polar surface area (TPSA) is 216 Å². The van der Waals surface area contributed by atoms with Gasteiger partial charge in [-0.3, -0.25) is 9.11 Å². The van der Waals surface area contributed by atoms with Crippen LogP contribution in [-0.2, 0) is 45.9 Å². The highest BCUT2D eigenvalue weighted by Crippen LogP contribution is 2.40. The van der Waals surface area contributed by atoms with Crippen molar-refractivity contribution in [3.8, 4) is 23.0 Å². The highest BCUT2D eigenvalue weighted by molar-refractivity contribution is 7.86. The summed E-state index contributed by atoms with van der Waals surface area (Å²) >= 11 is 0. The molecule has 220 valence electrons. The minimum absolute atomic E-state index is 0.0324. The maximum absolute atomic E-state index is 12.1. The molecule has 4 aromatic carbocycles. The quantitative estimate of drug-likeness (QED) is 0.0867. The van der Waals surface area contributed by atoms with E-state index >= 15 is 0 Å². The first-order valence-electron chi connectivity index (χ1n) is 12.6. The lowest BCUT2D eigenvalue weighted by atomic mass is 9.90. The summed E-state index contributed by atoms with van der Waals surface area (Å²) in [6.07, 6.45) is -0.836. The second-order valence-corrected chi connectivity index (χ2v) is 13.3. The van der Waals surface area contributed by atoms with Crippen molar-refractivity contribution in [2.45, 2.75) is 42.4 Å². The molecule has 0 saturated heterocycles. The smallest absolute Gasteiger partial charge is 0.294 e. The number of hydrogen-bond acceptors (Lipinski definition) is 9. The van der Waals surface area contributed by atoms with Gasteiger partial charge in [-0.1, -0.05) is 17.7 Å². The van der Waals surface area contributed by atoms with E-state index in [1.165, 1.54) is 12.1 Å². The lowest BCUT2D eigenvalue weighted by Crippen LogP contribution is -2.06. The average molecular weight is 614 g/mol. The van der Waals surface area contributed by atoms with Crippen LogP contribution >= 0.6 is 0 Å². The molecule has 5 rings (SSSR count). The zero-order valence-electron chi connectivity index (χ0n) is 22.2. The molecule has 8 bridgehead atoms. The number of nitrogen functional groups attached to an aromatic ring is 1. The van der Waals surface area contributed by atoms with Gasteiger partial charge in [0.15, 0.2) is 0 Å². The predicted octanol–water partition coefficient (Wildman–Crippen LogP) is 3.57. The van der Waals surface area contributed by atoms with Crippen LogP contribution in [-0.4, -0.2) is 46.4 Å². The van der Waals surface area contributed by atoms with E-state index in [0.717, 1.165) is 24.3 Å². The number of phenolic OH excluding ortho intramolecular Hbond substituents is 4. The molecule has 0 radical (unpaired) electrons. The van der Waals surface area contributed by atoms with E-state index in [2.05, 4.69) is 0 Å². The Morgan fingerprint density at radius 2 is 0.738 bits per heavy atom. The molecule has 0 unspecified atom stereocenters. The number of fused-ring (bicyclic) bond motifs is 8. The third-order valence-corrected chi connectivity index (χ3v) is 8.97. The Hall–Kier alpha value is -4.30. The number of aromatic hydroxyl groups is 4. The number of hydrogen-bond donors (Lipinski definition) is 7. The fraction of sp³-hybridized carbons (Fsp3) is 0.172. The monoisotopic (exact) mass is 613 g/mol. The minimum atomic E-state index is -4.72. The molecule has 0 saturated carbocycles. The van der Waals surface area contributed by atoms with Crippen LogP contribution in [0.1, 0.15) is 50.1 Å². The second-order valence-electron chi connectivity index (χ2n) is 10.5. The Kier molecular flexibility index (Phi) is 7.10. The highest BCUT2D eigenvalue weighted by Gasteiger charge is 2.24. The lowest BCUT2D eigenvalue weighted by Gasteiger charge is -2.19. The molecule has 8 N–H and O–H groups in total. The first kappa shape index (κ1) is 29.2. The number of phenols is 4. The van der Waals surface area contributed by atoms with Gasteiger partial charge in [-0.15, -0.1) is 0 Å². The van der Waals surface area contributed by atoms with Crippen molar-refractivity contribution in [2.24, 2.45) is 0 Å². The summed E-state index contributed by atoms with van der Waals surface area (Å²) in [6, 6.07) is 10.3. The fourth-order valence-corrected chi connectivity index (χ4v) is 6.54. The third-order valence-electron chi connectivity index (χ3n) is 7.30. The van der Waals surface area contributed by atoms with Gasteiger partial charge in [0.05, 0.1) is 9.79 Å². The van der Waals surface area contributed by atoms with Crippen LogP contribution in [0.25, 0.3) is 0 Å². The van der Waals surface area contributed by atoms with Gasteiger partial charge in [0, 0.05) is 64.8 Å². The molecule has 0 aromatic heterocycles. The first-order valence-corrected chi connectivity index (χ1v) is 15.5. The van der Waals surface area contributed by atoms with E-state index in [-0.39, 0.29) is 98.9 Å². The van der Waals surface area contributed by atoms with Gasteiger partial charge < -0.3 is 26.2 Å². The molecule has 0 heterocycles. The van der Waals surface area contributed by atoms with Crippen molar-refractivity contribution in [1.29, 1.82) is 0 Å². The summed E-state index contributed by atoms with van der Waals surface area (Å²) in [7, 11) is -9.44. The van der Waals surface area contributed by atoms with E-state index in [9.17, 15) is 46.4 Å². The molecule has 1 aliphatic carbocycles.